The fraction of sp³-hybridized carbons (Fsp3) is 0.194. The number of nitro benzene ring substituents is 1. The molecular formula is C36H31N5O7S2. The molecule has 50 heavy (non-hydrogen) atoms. The van der Waals surface area contributed by atoms with Crippen LogP contribution in [0.15, 0.2) is 109 Å². The van der Waals surface area contributed by atoms with Crippen molar-refractivity contribution in [3.05, 3.63) is 147 Å². The van der Waals surface area contributed by atoms with Crippen LogP contribution in [-0.4, -0.2) is 38.1 Å². The summed E-state index contributed by atoms with van der Waals surface area (Å²) in [6.07, 6.45) is 1.50. The molecule has 0 amide bonds. The molecule has 0 bridgehead atoms. The van der Waals surface area contributed by atoms with Gasteiger partial charge in [-0.05, 0) is 63.1 Å². The van der Waals surface area contributed by atoms with Gasteiger partial charge in [-0.25, -0.2) is 14.8 Å². The van der Waals surface area contributed by atoms with Crippen molar-refractivity contribution >= 4 is 46.5 Å². The molecule has 1 aliphatic rings. The predicted octanol–water partition coefficient (Wildman–Crippen LogP) is 5.17. The molecule has 0 unspecified atom stereocenters. The maximum Gasteiger partial charge on any atom is 0.338 e. The van der Waals surface area contributed by atoms with Crippen LogP contribution in [0.25, 0.3) is 11.8 Å². The first kappa shape index (κ1) is 34.3. The van der Waals surface area contributed by atoms with Gasteiger partial charge in [0.25, 0.3) is 16.8 Å². The summed E-state index contributed by atoms with van der Waals surface area (Å²) in [4.78, 5) is 64.4. The number of aromatic nitrogens is 3. The molecule has 1 N–H and O–H groups in total. The zero-order chi connectivity index (χ0) is 35.5. The minimum absolute atomic E-state index is 0.0583. The summed E-state index contributed by atoms with van der Waals surface area (Å²) in [5.74, 6) is 0.00941. The predicted molar refractivity (Wildman–Crippen MR) is 190 cm³/mol. The Morgan fingerprint density at radius 1 is 1.10 bits per heavy atom. The van der Waals surface area contributed by atoms with E-state index in [0.29, 0.717) is 43.5 Å². The number of nitro groups is 1. The molecule has 1 atom stereocenters. The molecule has 6 rings (SSSR count). The highest BCUT2D eigenvalue weighted by molar-refractivity contribution is 7.99. The first-order chi connectivity index (χ1) is 24.0. The second-order valence-corrected chi connectivity index (χ2v) is 13.5. The number of carbonyl (C=O) groups excluding carboxylic acids is 1. The maximum atomic E-state index is 14.4. The van der Waals surface area contributed by atoms with E-state index < -0.39 is 22.5 Å². The van der Waals surface area contributed by atoms with Crippen molar-refractivity contribution in [2.45, 2.75) is 49.9 Å². The van der Waals surface area contributed by atoms with Crippen LogP contribution in [0.3, 0.4) is 0 Å². The SMILES string of the molecule is CCOC(=O)C1=C(c2ccccc2)N=c2s/c(=C\c3cc([N+](=O)[O-])ccc3Sc3nc(C)cc(=O)[nH]3)c(=O)n2[C@@H]1c1ccc(OC(C)C)cc1. The number of thiazole rings is 1. The third-order valence-corrected chi connectivity index (χ3v) is 9.45. The summed E-state index contributed by atoms with van der Waals surface area (Å²) in [5, 5.41) is 12.1. The molecule has 12 nitrogen and oxygen atoms in total. The van der Waals surface area contributed by atoms with Crippen LogP contribution >= 0.6 is 23.1 Å². The minimum Gasteiger partial charge on any atom is -0.491 e. The molecule has 0 aliphatic carbocycles. The molecular weight excluding hydrogens is 679 g/mol. The molecule has 254 valence electrons. The number of H-pyrrole nitrogens is 1. The molecule has 0 fully saturated rings. The summed E-state index contributed by atoms with van der Waals surface area (Å²) in [6, 6.07) is 21.1. The molecule has 0 spiro atoms. The third kappa shape index (κ3) is 7.21. The van der Waals surface area contributed by atoms with E-state index in [4.69, 9.17) is 14.5 Å². The van der Waals surface area contributed by atoms with Crippen LogP contribution in [0, 0.1) is 17.0 Å². The number of ether oxygens (including phenoxy) is 2. The first-order valence-electron chi connectivity index (χ1n) is 15.6. The number of esters is 1. The topological polar surface area (TPSA) is 159 Å². The average molecular weight is 710 g/mol. The normalized spacial score (nSPS) is 14.3. The van der Waals surface area contributed by atoms with Crippen LogP contribution < -0.4 is 25.2 Å². The van der Waals surface area contributed by atoms with Crippen molar-refractivity contribution in [1.29, 1.82) is 0 Å². The van der Waals surface area contributed by atoms with Gasteiger partial charge in [-0.1, -0.05) is 65.6 Å². The number of aryl methyl sites for hydroxylation is 1. The summed E-state index contributed by atoms with van der Waals surface area (Å²) in [5.41, 5.74) is 1.72. The number of aromatic amines is 1. The Bertz CT molecular complexity index is 2380. The van der Waals surface area contributed by atoms with E-state index >= 15 is 0 Å². The van der Waals surface area contributed by atoms with Crippen molar-refractivity contribution in [3.63, 3.8) is 0 Å². The van der Waals surface area contributed by atoms with Gasteiger partial charge in [0.1, 0.15) is 5.75 Å². The van der Waals surface area contributed by atoms with Crippen molar-refractivity contribution in [2.24, 2.45) is 4.99 Å². The van der Waals surface area contributed by atoms with Gasteiger partial charge in [0.2, 0.25) is 0 Å². The number of rotatable bonds is 10. The first-order valence-corrected chi connectivity index (χ1v) is 17.2. The second kappa shape index (κ2) is 14.5. The van der Waals surface area contributed by atoms with Crippen molar-refractivity contribution in [3.8, 4) is 5.75 Å². The second-order valence-electron chi connectivity index (χ2n) is 11.4. The van der Waals surface area contributed by atoms with Crippen LogP contribution in [0.5, 0.6) is 5.75 Å². The number of fused-ring (bicyclic) bond motifs is 1. The van der Waals surface area contributed by atoms with Gasteiger partial charge in [0, 0.05) is 34.4 Å². The molecule has 0 saturated carbocycles. The summed E-state index contributed by atoms with van der Waals surface area (Å²) in [7, 11) is 0. The molecule has 3 heterocycles. The van der Waals surface area contributed by atoms with E-state index in [-0.39, 0.29) is 39.2 Å². The zero-order valence-electron chi connectivity index (χ0n) is 27.4. The van der Waals surface area contributed by atoms with Crippen LogP contribution in [-0.2, 0) is 9.53 Å². The lowest BCUT2D eigenvalue weighted by atomic mass is 9.93. The van der Waals surface area contributed by atoms with Gasteiger partial charge in [-0.3, -0.25) is 24.3 Å². The van der Waals surface area contributed by atoms with Crippen LogP contribution in [0.4, 0.5) is 5.69 Å². The van der Waals surface area contributed by atoms with E-state index in [1.807, 2.05) is 44.2 Å². The standard InChI is InChI=1S/C36H31N5O7S2/c1-5-47-34(44)30-31(22-9-7-6-8-10-22)39-36-40(32(30)23-11-14-26(15-12-23)48-20(2)3)33(43)28(50-36)19-24-18-25(41(45)46)13-16-27(24)49-35-37-21(4)17-29(42)38-35/h6-20,32H,5H2,1-4H3,(H,37,38,42)/b28-19-/t32-/m1/s1. The quantitative estimate of drug-likeness (QED) is 0.0893. The Balaban J connectivity index is 1.59. The Hall–Kier alpha value is -5.60. The van der Waals surface area contributed by atoms with E-state index in [1.54, 1.807) is 50.3 Å². The summed E-state index contributed by atoms with van der Waals surface area (Å²) >= 11 is 2.19. The van der Waals surface area contributed by atoms with Gasteiger partial charge < -0.3 is 14.5 Å². The minimum atomic E-state index is -0.920. The number of hydrogen-bond donors (Lipinski definition) is 1. The third-order valence-electron chi connectivity index (χ3n) is 7.49. The van der Waals surface area contributed by atoms with E-state index in [9.17, 15) is 24.5 Å². The summed E-state index contributed by atoms with van der Waals surface area (Å²) in [6.45, 7) is 7.34. The number of nitrogens with one attached hydrogen (secondary N) is 1. The van der Waals surface area contributed by atoms with Gasteiger partial charge >= 0.3 is 5.97 Å². The fourth-order valence-corrected chi connectivity index (χ4v) is 7.37. The molecule has 5 aromatic rings. The highest BCUT2D eigenvalue weighted by Gasteiger charge is 2.35. The smallest absolute Gasteiger partial charge is 0.338 e. The monoisotopic (exact) mass is 709 g/mol. The lowest BCUT2D eigenvalue weighted by molar-refractivity contribution is -0.384. The average Bonchev–Trinajstić information content (AvgIpc) is 3.38. The van der Waals surface area contributed by atoms with Crippen molar-refractivity contribution < 1.29 is 19.2 Å². The number of benzene rings is 3. The molecule has 2 aromatic heterocycles. The molecule has 3 aromatic carbocycles. The molecule has 0 radical (unpaired) electrons. The number of carbonyl (C=O) groups is 1. The zero-order valence-corrected chi connectivity index (χ0v) is 29.0. The van der Waals surface area contributed by atoms with E-state index in [2.05, 4.69) is 9.97 Å². The van der Waals surface area contributed by atoms with Gasteiger partial charge in [-0.15, -0.1) is 0 Å². The Labute approximate surface area is 293 Å². The van der Waals surface area contributed by atoms with Crippen molar-refractivity contribution in [1.82, 2.24) is 14.5 Å². The Kier molecular flexibility index (Phi) is 9.93. The van der Waals surface area contributed by atoms with E-state index in [1.165, 1.54) is 22.8 Å². The van der Waals surface area contributed by atoms with E-state index in [0.717, 1.165) is 23.1 Å². The largest absolute Gasteiger partial charge is 0.491 e. The fourth-order valence-electron chi connectivity index (χ4n) is 5.46. The van der Waals surface area contributed by atoms with Crippen LogP contribution in [0.2, 0.25) is 0 Å². The van der Waals surface area contributed by atoms with Gasteiger partial charge in [-0.2, -0.15) is 0 Å². The highest BCUT2D eigenvalue weighted by Crippen LogP contribution is 2.36. The highest BCUT2D eigenvalue weighted by atomic mass is 32.2. The number of hydrogen-bond acceptors (Lipinski definition) is 11. The Morgan fingerprint density at radius 2 is 1.84 bits per heavy atom. The number of nitrogens with zero attached hydrogens (tertiary/aromatic N) is 4. The lowest BCUT2D eigenvalue weighted by Crippen LogP contribution is -2.40. The maximum absolute atomic E-state index is 14.4. The lowest BCUT2D eigenvalue weighted by Gasteiger charge is -2.26. The van der Waals surface area contributed by atoms with Gasteiger partial charge in [0.15, 0.2) is 9.96 Å². The number of non-ortho nitro benzene ring substituents is 1. The van der Waals surface area contributed by atoms with Crippen molar-refractivity contribution in [2.75, 3.05) is 6.61 Å². The molecule has 0 saturated heterocycles. The Morgan fingerprint density at radius 3 is 2.50 bits per heavy atom. The molecule has 1 aliphatic heterocycles. The molecule has 14 heteroatoms. The van der Waals surface area contributed by atoms with Crippen LogP contribution in [0.1, 0.15) is 49.2 Å². The van der Waals surface area contributed by atoms with Gasteiger partial charge in [0.05, 0.1) is 39.5 Å². The summed E-state index contributed by atoms with van der Waals surface area (Å²) < 4.78 is 13.1.